The lowest BCUT2D eigenvalue weighted by Gasteiger charge is -2.13. The molecule has 0 radical (unpaired) electrons. The molecule has 160 valence electrons. The summed E-state index contributed by atoms with van der Waals surface area (Å²) in [5.74, 6) is -0.868. The molecule has 0 fully saturated rings. The van der Waals surface area contributed by atoms with Crippen molar-refractivity contribution in [3.63, 3.8) is 0 Å². The van der Waals surface area contributed by atoms with Gasteiger partial charge in [-0.2, -0.15) is 24.9 Å². The Balaban J connectivity index is 1.75. The number of hydrogen-bond donors (Lipinski definition) is 1. The standard InChI is InChI=1S/C21H14F5N3OS/c1-31-10-11-6-17(21(24,25)26)28-19(7-11)29-18-8-14(16(23)9-27-18)12-2-3-15(22)13-4-5-30-20(12)13/h2-9H,10H2,1H3,(H,27,28,29). The van der Waals surface area contributed by atoms with Crippen molar-refractivity contribution >= 4 is 34.4 Å². The molecule has 1 aromatic carbocycles. The highest BCUT2D eigenvalue weighted by atomic mass is 32.2. The van der Waals surface area contributed by atoms with Crippen molar-refractivity contribution in [2.75, 3.05) is 11.6 Å². The second kappa shape index (κ2) is 8.18. The molecule has 0 bridgehead atoms. The van der Waals surface area contributed by atoms with Crippen LogP contribution in [0, 0.1) is 11.6 Å². The highest BCUT2D eigenvalue weighted by molar-refractivity contribution is 7.97. The Morgan fingerprint density at radius 3 is 2.55 bits per heavy atom. The zero-order valence-corrected chi connectivity index (χ0v) is 16.7. The molecule has 31 heavy (non-hydrogen) atoms. The van der Waals surface area contributed by atoms with Crippen molar-refractivity contribution in [1.29, 1.82) is 0 Å². The fraction of sp³-hybridized carbons (Fsp3) is 0.143. The van der Waals surface area contributed by atoms with Crippen molar-refractivity contribution in [2.45, 2.75) is 11.9 Å². The van der Waals surface area contributed by atoms with Gasteiger partial charge in [-0.15, -0.1) is 0 Å². The number of alkyl halides is 3. The summed E-state index contributed by atoms with van der Waals surface area (Å²) in [6, 6.07) is 7.73. The SMILES string of the molecule is CSCc1cc(Nc2cc(-c3ccc(F)c4ccoc34)c(F)cn2)nc(C(F)(F)F)c1. The van der Waals surface area contributed by atoms with Gasteiger partial charge in [-0.3, -0.25) is 0 Å². The maximum atomic E-state index is 14.5. The van der Waals surface area contributed by atoms with Crippen LogP contribution < -0.4 is 5.32 Å². The van der Waals surface area contributed by atoms with Crippen molar-refractivity contribution in [3.8, 4) is 11.1 Å². The van der Waals surface area contributed by atoms with Gasteiger partial charge in [0.1, 0.15) is 34.5 Å². The fourth-order valence-corrected chi connectivity index (χ4v) is 3.63. The molecule has 4 nitrogen and oxygen atoms in total. The summed E-state index contributed by atoms with van der Waals surface area (Å²) in [6.07, 6.45) is -0.639. The van der Waals surface area contributed by atoms with Crippen LogP contribution in [-0.2, 0) is 11.9 Å². The van der Waals surface area contributed by atoms with E-state index in [2.05, 4.69) is 15.3 Å². The van der Waals surface area contributed by atoms with E-state index in [9.17, 15) is 22.0 Å². The minimum Gasteiger partial charge on any atom is -0.464 e. The van der Waals surface area contributed by atoms with Gasteiger partial charge in [0.25, 0.3) is 0 Å². The summed E-state index contributed by atoms with van der Waals surface area (Å²) in [4.78, 5) is 7.51. The molecule has 0 unspecified atom stereocenters. The Kier molecular flexibility index (Phi) is 5.57. The molecule has 0 aliphatic rings. The third-order valence-electron chi connectivity index (χ3n) is 4.45. The molecule has 1 N–H and O–H groups in total. The molecule has 0 saturated heterocycles. The number of rotatable bonds is 5. The van der Waals surface area contributed by atoms with Gasteiger partial charge in [0.15, 0.2) is 0 Å². The van der Waals surface area contributed by atoms with E-state index in [1.165, 1.54) is 48.4 Å². The van der Waals surface area contributed by atoms with E-state index in [-0.39, 0.29) is 33.7 Å². The molecule has 0 aliphatic carbocycles. The second-order valence-electron chi connectivity index (χ2n) is 6.61. The number of aromatic nitrogens is 2. The number of furan rings is 1. The van der Waals surface area contributed by atoms with Crippen LogP contribution in [0.25, 0.3) is 22.1 Å². The molecule has 0 aliphatic heterocycles. The van der Waals surface area contributed by atoms with Gasteiger partial charge in [0.05, 0.1) is 17.8 Å². The maximum absolute atomic E-state index is 14.5. The summed E-state index contributed by atoms with van der Waals surface area (Å²) in [5, 5.41) is 2.89. The van der Waals surface area contributed by atoms with E-state index in [0.717, 1.165) is 12.3 Å². The predicted octanol–water partition coefficient (Wildman–Crippen LogP) is 6.79. The summed E-state index contributed by atoms with van der Waals surface area (Å²) in [7, 11) is 0. The predicted molar refractivity (Wildman–Crippen MR) is 109 cm³/mol. The number of nitrogens with zero attached hydrogens (tertiary/aromatic N) is 2. The van der Waals surface area contributed by atoms with Crippen LogP contribution in [0.2, 0.25) is 0 Å². The lowest BCUT2D eigenvalue weighted by Crippen LogP contribution is -2.10. The van der Waals surface area contributed by atoms with Crippen LogP contribution >= 0.6 is 11.8 Å². The normalized spacial score (nSPS) is 11.8. The van der Waals surface area contributed by atoms with E-state index in [0.29, 0.717) is 11.3 Å². The van der Waals surface area contributed by atoms with Gasteiger partial charge in [-0.05, 0) is 48.2 Å². The van der Waals surface area contributed by atoms with Gasteiger partial charge in [0, 0.05) is 16.9 Å². The maximum Gasteiger partial charge on any atom is 0.433 e. The number of thioether (sulfide) groups is 1. The number of hydrogen-bond acceptors (Lipinski definition) is 5. The van der Waals surface area contributed by atoms with Crippen LogP contribution in [0.15, 0.2) is 53.3 Å². The van der Waals surface area contributed by atoms with E-state index in [1.54, 1.807) is 6.26 Å². The third-order valence-corrected chi connectivity index (χ3v) is 5.07. The molecule has 4 aromatic rings. The molecule has 3 heterocycles. The first-order valence-corrected chi connectivity index (χ1v) is 10.3. The van der Waals surface area contributed by atoms with Gasteiger partial charge in [-0.1, -0.05) is 0 Å². The summed E-state index contributed by atoms with van der Waals surface area (Å²) in [5.41, 5.74) is -0.135. The monoisotopic (exact) mass is 451 g/mol. The topological polar surface area (TPSA) is 51.0 Å². The van der Waals surface area contributed by atoms with Crippen LogP contribution in [0.1, 0.15) is 11.3 Å². The van der Waals surface area contributed by atoms with Crippen LogP contribution in [0.5, 0.6) is 0 Å². The van der Waals surface area contributed by atoms with Crippen molar-refractivity contribution in [2.24, 2.45) is 0 Å². The van der Waals surface area contributed by atoms with Crippen molar-refractivity contribution in [1.82, 2.24) is 9.97 Å². The quantitative estimate of drug-likeness (QED) is 0.339. The molecule has 4 rings (SSSR count). The Morgan fingerprint density at radius 2 is 1.81 bits per heavy atom. The van der Waals surface area contributed by atoms with E-state index in [1.807, 2.05) is 0 Å². The molecule has 0 atom stereocenters. The second-order valence-corrected chi connectivity index (χ2v) is 7.48. The van der Waals surface area contributed by atoms with Crippen LogP contribution in [-0.4, -0.2) is 16.2 Å². The van der Waals surface area contributed by atoms with Crippen LogP contribution in [0.3, 0.4) is 0 Å². The minimum atomic E-state index is -4.62. The summed E-state index contributed by atoms with van der Waals surface area (Å²) in [6.45, 7) is 0. The van der Waals surface area contributed by atoms with E-state index < -0.39 is 23.5 Å². The molecular weight excluding hydrogens is 437 g/mol. The number of fused-ring (bicyclic) bond motifs is 1. The first kappa shape index (κ1) is 21.1. The van der Waals surface area contributed by atoms with Crippen molar-refractivity contribution < 1.29 is 26.4 Å². The molecule has 10 heteroatoms. The average molecular weight is 451 g/mol. The smallest absolute Gasteiger partial charge is 0.433 e. The number of anilines is 2. The average Bonchev–Trinajstić information content (AvgIpc) is 3.20. The first-order chi connectivity index (χ1) is 14.8. The summed E-state index contributed by atoms with van der Waals surface area (Å²) >= 11 is 1.36. The largest absolute Gasteiger partial charge is 0.464 e. The lowest BCUT2D eigenvalue weighted by molar-refractivity contribution is -0.141. The Hall–Kier alpha value is -3.14. The zero-order valence-electron chi connectivity index (χ0n) is 15.9. The van der Waals surface area contributed by atoms with Gasteiger partial charge < -0.3 is 9.73 Å². The number of halogens is 5. The highest BCUT2D eigenvalue weighted by Gasteiger charge is 2.33. The van der Waals surface area contributed by atoms with Gasteiger partial charge >= 0.3 is 6.18 Å². The Bertz CT molecular complexity index is 1260. The van der Waals surface area contributed by atoms with E-state index >= 15 is 0 Å². The molecule has 0 amide bonds. The highest BCUT2D eigenvalue weighted by Crippen LogP contribution is 2.35. The number of benzene rings is 1. The Labute approximate surface area is 177 Å². The fourth-order valence-electron chi connectivity index (χ4n) is 3.13. The van der Waals surface area contributed by atoms with Crippen molar-refractivity contribution in [3.05, 3.63) is 71.8 Å². The lowest BCUT2D eigenvalue weighted by atomic mass is 10.0. The first-order valence-electron chi connectivity index (χ1n) is 8.92. The number of pyridine rings is 2. The third kappa shape index (κ3) is 4.34. The molecule has 3 aromatic heterocycles. The Morgan fingerprint density at radius 1 is 1.00 bits per heavy atom. The van der Waals surface area contributed by atoms with E-state index in [4.69, 9.17) is 4.42 Å². The summed E-state index contributed by atoms with van der Waals surface area (Å²) < 4.78 is 73.4. The molecular formula is C21H14F5N3OS. The van der Waals surface area contributed by atoms with Gasteiger partial charge in [0.2, 0.25) is 0 Å². The molecule has 0 spiro atoms. The van der Waals surface area contributed by atoms with Crippen LogP contribution in [0.4, 0.5) is 33.6 Å². The zero-order chi connectivity index (χ0) is 22.2. The molecule has 0 saturated carbocycles. The van der Waals surface area contributed by atoms with Gasteiger partial charge in [-0.25, -0.2) is 18.7 Å². The number of nitrogens with one attached hydrogen (secondary N) is 1. The minimum absolute atomic E-state index is 0.0498.